The van der Waals surface area contributed by atoms with Gasteiger partial charge < -0.3 is 20.5 Å². The maximum atomic E-state index is 9.53. The van der Waals surface area contributed by atoms with E-state index in [4.69, 9.17) is 22.1 Å². The number of halogens is 1. The summed E-state index contributed by atoms with van der Waals surface area (Å²) in [7, 11) is 3.48. The van der Waals surface area contributed by atoms with Crippen LogP contribution in [0, 0.1) is 6.92 Å². The van der Waals surface area contributed by atoms with E-state index in [2.05, 4.69) is 0 Å². The molecule has 1 aromatic carbocycles. The van der Waals surface area contributed by atoms with Gasteiger partial charge in [-0.2, -0.15) is 0 Å². The summed E-state index contributed by atoms with van der Waals surface area (Å²) in [6, 6.07) is 3.71. The van der Waals surface area contributed by atoms with E-state index in [1.807, 2.05) is 31.0 Å². The van der Waals surface area contributed by atoms with Crippen LogP contribution < -0.4 is 15.4 Å². The van der Waals surface area contributed by atoms with E-state index in [0.717, 1.165) is 11.3 Å². The lowest BCUT2D eigenvalue weighted by molar-refractivity contribution is 0.189. The standard InChI is InChI=1S/C12H19ClN2O2/c1-8-4-12(17-3)10(13)5-11(8)15(2)7-9(16)6-14/h4-5,9,16H,6-7,14H2,1-3H3. The second kappa shape index (κ2) is 6.10. The van der Waals surface area contributed by atoms with Gasteiger partial charge in [-0.05, 0) is 24.6 Å². The fourth-order valence-electron chi connectivity index (χ4n) is 1.70. The molecule has 5 heteroatoms. The molecule has 0 aromatic heterocycles. The summed E-state index contributed by atoms with van der Waals surface area (Å²) in [5.41, 5.74) is 7.39. The number of nitrogens with two attached hydrogens (primary N) is 1. The lowest BCUT2D eigenvalue weighted by atomic mass is 10.1. The third-order valence-electron chi connectivity index (χ3n) is 2.64. The summed E-state index contributed by atoms with van der Waals surface area (Å²) in [4.78, 5) is 1.93. The number of ether oxygens (including phenoxy) is 1. The van der Waals surface area contributed by atoms with Crippen LogP contribution in [0.2, 0.25) is 5.02 Å². The number of aryl methyl sites for hydroxylation is 1. The van der Waals surface area contributed by atoms with Gasteiger partial charge in [0.05, 0.1) is 18.2 Å². The van der Waals surface area contributed by atoms with Crippen LogP contribution in [0.1, 0.15) is 5.56 Å². The zero-order valence-electron chi connectivity index (χ0n) is 10.4. The average molecular weight is 259 g/mol. The highest BCUT2D eigenvalue weighted by Gasteiger charge is 2.12. The van der Waals surface area contributed by atoms with Gasteiger partial charge in [-0.1, -0.05) is 11.6 Å². The smallest absolute Gasteiger partial charge is 0.137 e. The Bertz CT molecular complexity index is 385. The third-order valence-corrected chi connectivity index (χ3v) is 2.93. The van der Waals surface area contributed by atoms with Crippen molar-refractivity contribution in [3.8, 4) is 5.75 Å². The van der Waals surface area contributed by atoms with Gasteiger partial charge in [-0.25, -0.2) is 0 Å². The topological polar surface area (TPSA) is 58.7 Å². The van der Waals surface area contributed by atoms with Crippen molar-refractivity contribution in [1.82, 2.24) is 0 Å². The van der Waals surface area contributed by atoms with E-state index >= 15 is 0 Å². The molecule has 0 radical (unpaired) electrons. The van der Waals surface area contributed by atoms with Crippen molar-refractivity contribution in [2.24, 2.45) is 5.73 Å². The maximum absolute atomic E-state index is 9.53. The molecule has 0 bridgehead atoms. The summed E-state index contributed by atoms with van der Waals surface area (Å²) >= 11 is 6.08. The molecule has 1 atom stereocenters. The van der Waals surface area contributed by atoms with Crippen molar-refractivity contribution < 1.29 is 9.84 Å². The first kappa shape index (κ1) is 14.1. The van der Waals surface area contributed by atoms with E-state index in [1.54, 1.807) is 7.11 Å². The van der Waals surface area contributed by atoms with Crippen LogP contribution in [-0.2, 0) is 0 Å². The zero-order chi connectivity index (χ0) is 13.0. The lowest BCUT2D eigenvalue weighted by Crippen LogP contribution is -2.34. The molecule has 0 saturated carbocycles. The molecule has 96 valence electrons. The van der Waals surface area contributed by atoms with Crippen LogP contribution in [0.15, 0.2) is 12.1 Å². The molecule has 1 aromatic rings. The van der Waals surface area contributed by atoms with Gasteiger partial charge in [0.15, 0.2) is 0 Å². The number of benzene rings is 1. The fourth-order valence-corrected chi connectivity index (χ4v) is 1.94. The Labute approximate surface area is 107 Å². The first-order chi connectivity index (χ1) is 7.99. The highest BCUT2D eigenvalue weighted by molar-refractivity contribution is 6.32. The minimum Gasteiger partial charge on any atom is -0.495 e. The van der Waals surface area contributed by atoms with E-state index in [1.165, 1.54) is 0 Å². The molecule has 1 rings (SSSR count). The van der Waals surface area contributed by atoms with Gasteiger partial charge >= 0.3 is 0 Å². The minimum atomic E-state index is -0.541. The number of hydrogen-bond acceptors (Lipinski definition) is 4. The third kappa shape index (κ3) is 3.49. The first-order valence-corrected chi connectivity index (χ1v) is 5.80. The van der Waals surface area contributed by atoms with Crippen molar-refractivity contribution in [1.29, 1.82) is 0 Å². The maximum Gasteiger partial charge on any atom is 0.137 e. The molecule has 0 saturated heterocycles. The lowest BCUT2D eigenvalue weighted by Gasteiger charge is -2.24. The summed E-state index contributed by atoms with van der Waals surface area (Å²) in [5.74, 6) is 0.653. The Morgan fingerprint density at radius 1 is 1.53 bits per heavy atom. The Kier molecular flexibility index (Phi) is 5.05. The monoisotopic (exact) mass is 258 g/mol. The van der Waals surface area contributed by atoms with Crippen LogP contribution in [-0.4, -0.2) is 38.5 Å². The van der Waals surface area contributed by atoms with E-state index in [9.17, 15) is 5.11 Å². The summed E-state index contributed by atoms with van der Waals surface area (Å²) in [5, 5.41) is 10.1. The molecule has 0 aliphatic carbocycles. The molecule has 0 heterocycles. The van der Waals surface area contributed by atoms with Crippen molar-refractivity contribution in [2.75, 3.05) is 32.1 Å². The molecule has 0 amide bonds. The van der Waals surface area contributed by atoms with Crippen molar-refractivity contribution >= 4 is 17.3 Å². The molecule has 17 heavy (non-hydrogen) atoms. The van der Waals surface area contributed by atoms with Gasteiger partial charge in [0, 0.05) is 25.8 Å². The average Bonchev–Trinajstić information content (AvgIpc) is 2.31. The highest BCUT2D eigenvalue weighted by atomic mass is 35.5. The summed E-state index contributed by atoms with van der Waals surface area (Å²) in [6.45, 7) is 2.69. The van der Waals surface area contributed by atoms with Crippen molar-refractivity contribution in [2.45, 2.75) is 13.0 Å². The number of aliphatic hydroxyl groups is 1. The van der Waals surface area contributed by atoms with Gasteiger partial charge in [0.1, 0.15) is 5.75 Å². The normalized spacial score (nSPS) is 12.4. The number of anilines is 1. The molecule has 4 nitrogen and oxygen atoms in total. The largest absolute Gasteiger partial charge is 0.495 e. The second-order valence-corrected chi connectivity index (χ2v) is 4.45. The van der Waals surface area contributed by atoms with E-state index in [-0.39, 0.29) is 6.54 Å². The SMILES string of the molecule is COc1cc(C)c(N(C)CC(O)CN)cc1Cl. The van der Waals surface area contributed by atoms with Gasteiger partial charge in [-0.15, -0.1) is 0 Å². The Morgan fingerprint density at radius 3 is 2.71 bits per heavy atom. The predicted molar refractivity (Wildman–Crippen MR) is 71.1 cm³/mol. The Morgan fingerprint density at radius 2 is 2.18 bits per heavy atom. The molecule has 0 fully saturated rings. The molecular formula is C12H19ClN2O2. The number of likely N-dealkylation sites (N-methyl/N-ethyl adjacent to an activating group) is 1. The van der Waals surface area contributed by atoms with Gasteiger partial charge in [-0.3, -0.25) is 0 Å². The predicted octanol–water partition coefficient (Wildman–Crippen LogP) is 1.41. The molecule has 0 aliphatic heterocycles. The molecule has 3 N–H and O–H groups in total. The highest BCUT2D eigenvalue weighted by Crippen LogP contribution is 2.32. The zero-order valence-corrected chi connectivity index (χ0v) is 11.2. The fraction of sp³-hybridized carbons (Fsp3) is 0.500. The van der Waals surface area contributed by atoms with Crippen LogP contribution in [0.4, 0.5) is 5.69 Å². The summed E-state index contributed by atoms with van der Waals surface area (Å²) < 4.78 is 5.14. The summed E-state index contributed by atoms with van der Waals surface area (Å²) in [6.07, 6.45) is -0.541. The minimum absolute atomic E-state index is 0.243. The van der Waals surface area contributed by atoms with Gasteiger partial charge in [0.25, 0.3) is 0 Å². The number of aliphatic hydroxyl groups excluding tert-OH is 1. The van der Waals surface area contributed by atoms with Crippen LogP contribution in [0.3, 0.4) is 0 Å². The van der Waals surface area contributed by atoms with Crippen LogP contribution in [0.5, 0.6) is 5.75 Å². The second-order valence-electron chi connectivity index (χ2n) is 4.04. The molecule has 0 spiro atoms. The van der Waals surface area contributed by atoms with E-state index in [0.29, 0.717) is 17.3 Å². The van der Waals surface area contributed by atoms with Crippen molar-refractivity contribution in [3.63, 3.8) is 0 Å². The number of methoxy groups -OCH3 is 1. The first-order valence-electron chi connectivity index (χ1n) is 5.43. The molecule has 0 aliphatic rings. The van der Waals surface area contributed by atoms with Crippen LogP contribution >= 0.6 is 11.6 Å². The Hall–Kier alpha value is -0.970. The van der Waals surface area contributed by atoms with Crippen molar-refractivity contribution in [3.05, 3.63) is 22.7 Å². The Balaban J connectivity index is 2.94. The van der Waals surface area contributed by atoms with E-state index < -0.39 is 6.10 Å². The molecular weight excluding hydrogens is 240 g/mol. The molecule has 1 unspecified atom stereocenters. The van der Waals surface area contributed by atoms with Crippen LogP contribution in [0.25, 0.3) is 0 Å². The van der Waals surface area contributed by atoms with Gasteiger partial charge in [0.2, 0.25) is 0 Å². The number of nitrogens with zero attached hydrogens (tertiary/aromatic N) is 1. The number of rotatable bonds is 5. The quantitative estimate of drug-likeness (QED) is 0.839. The number of hydrogen-bond donors (Lipinski definition) is 2.